The van der Waals surface area contributed by atoms with Crippen LogP contribution in [-0.2, 0) is 0 Å². The Morgan fingerprint density at radius 2 is 1.87 bits per heavy atom. The van der Waals surface area contributed by atoms with E-state index in [4.69, 9.17) is 0 Å². The van der Waals surface area contributed by atoms with Gasteiger partial charge in [-0.2, -0.15) is 0 Å². The number of aliphatic hydroxyl groups is 1. The van der Waals surface area contributed by atoms with Gasteiger partial charge in [-0.05, 0) is 56.7 Å². The third-order valence-electron chi connectivity index (χ3n) is 6.96. The minimum absolute atomic E-state index is 0.256. The average molecular weight is 423 g/mol. The zero-order chi connectivity index (χ0) is 23.0. The summed E-state index contributed by atoms with van der Waals surface area (Å²) in [6.45, 7) is 21.4. The molecule has 3 heteroatoms. The van der Waals surface area contributed by atoms with Crippen molar-refractivity contribution in [3.05, 3.63) is 23.8 Å². The summed E-state index contributed by atoms with van der Waals surface area (Å²) in [6.07, 6.45) is 14.0. The molecule has 1 fully saturated rings. The van der Waals surface area contributed by atoms with E-state index in [-0.39, 0.29) is 5.41 Å². The fraction of sp³-hybridized carbons (Fsp3) is 0.852. The van der Waals surface area contributed by atoms with Gasteiger partial charge in [-0.1, -0.05) is 79.0 Å². The van der Waals surface area contributed by atoms with Crippen LogP contribution >= 0.6 is 0 Å². The highest BCUT2D eigenvalue weighted by Gasteiger charge is 2.44. The van der Waals surface area contributed by atoms with E-state index < -0.39 is 0 Å². The van der Waals surface area contributed by atoms with Gasteiger partial charge in [0.25, 0.3) is 0 Å². The van der Waals surface area contributed by atoms with E-state index in [1.807, 2.05) is 0 Å². The SMILES string of the molecule is C/C=C(\C=C/CC)CN1CC(CO)C(CC)(CCN(C)CC(C)CC)C1.CCCC. The van der Waals surface area contributed by atoms with Crippen molar-refractivity contribution in [2.75, 3.05) is 46.4 Å². The van der Waals surface area contributed by atoms with Crippen LogP contribution in [-0.4, -0.2) is 61.3 Å². The van der Waals surface area contributed by atoms with E-state index in [1.54, 1.807) is 0 Å². The maximum atomic E-state index is 10.1. The second-order valence-electron chi connectivity index (χ2n) is 9.46. The molecule has 0 spiro atoms. The van der Waals surface area contributed by atoms with Crippen LogP contribution in [0.2, 0.25) is 0 Å². The predicted octanol–water partition coefficient (Wildman–Crippen LogP) is 6.39. The third kappa shape index (κ3) is 10.6. The standard InChI is InChI=1S/C23H44N2O.C4H10/c1-7-11-12-21(9-3)16-25-17-22(18-26)23(10-4,19-25)13-14-24(6)15-20(5)8-2;1-3-4-2/h9,11-12,20,22,26H,7-8,10,13-19H2,1-6H3;3-4H2,1-2H3/b12-11-,21-9+;. The zero-order valence-electron chi connectivity index (χ0n) is 21.7. The molecular formula is C27H54N2O. The zero-order valence-corrected chi connectivity index (χ0v) is 21.7. The van der Waals surface area contributed by atoms with Gasteiger partial charge in [-0.15, -0.1) is 0 Å². The van der Waals surface area contributed by atoms with Crippen LogP contribution in [0.5, 0.6) is 0 Å². The first kappa shape index (κ1) is 29.4. The quantitative estimate of drug-likeness (QED) is 0.348. The number of unbranched alkanes of at least 4 members (excludes halogenated alkanes) is 1. The van der Waals surface area contributed by atoms with E-state index in [1.165, 1.54) is 37.8 Å². The largest absolute Gasteiger partial charge is 0.396 e. The molecule has 1 N–H and O–H groups in total. The Bertz CT molecular complexity index is 471. The molecule has 0 amide bonds. The summed E-state index contributed by atoms with van der Waals surface area (Å²) in [5.41, 5.74) is 1.65. The molecule has 30 heavy (non-hydrogen) atoms. The van der Waals surface area contributed by atoms with Crippen LogP contribution in [0, 0.1) is 17.3 Å². The van der Waals surface area contributed by atoms with E-state index >= 15 is 0 Å². The Morgan fingerprint density at radius 1 is 1.20 bits per heavy atom. The summed E-state index contributed by atoms with van der Waals surface area (Å²) in [4.78, 5) is 5.05. The number of rotatable bonds is 13. The summed E-state index contributed by atoms with van der Waals surface area (Å²) in [6, 6.07) is 0. The third-order valence-corrected chi connectivity index (χ3v) is 6.96. The van der Waals surface area contributed by atoms with Gasteiger partial charge in [0.05, 0.1) is 0 Å². The molecule has 1 aliphatic rings. The highest BCUT2D eigenvalue weighted by atomic mass is 16.3. The second kappa shape index (κ2) is 17.0. The molecule has 1 saturated heterocycles. The Hall–Kier alpha value is -0.640. The van der Waals surface area contributed by atoms with Gasteiger partial charge in [-0.25, -0.2) is 0 Å². The van der Waals surface area contributed by atoms with Gasteiger partial charge in [0.15, 0.2) is 0 Å². The first-order valence-electron chi connectivity index (χ1n) is 12.7. The average Bonchev–Trinajstić information content (AvgIpc) is 3.12. The molecule has 0 radical (unpaired) electrons. The van der Waals surface area contributed by atoms with Crippen LogP contribution < -0.4 is 0 Å². The molecule has 0 bridgehead atoms. The minimum atomic E-state index is 0.256. The Kier molecular flexibility index (Phi) is 16.6. The van der Waals surface area contributed by atoms with Gasteiger partial charge >= 0.3 is 0 Å². The molecule has 0 aromatic rings. The van der Waals surface area contributed by atoms with Gasteiger partial charge in [0, 0.05) is 38.7 Å². The lowest BCUT2D eigenvalue weighted by Crippen LogP contribution is -2.37. The van der Waals surface area contributed by atoms with Crippen molar-refractivity contribution in [2.24, 2.45) is 17.3 Å². The highest BCUT2D eigenvalue weighted by Crippen LogP contribution is 2.42. The number of likely N-dealkylation sites (tertiary alicyclic amines) is 1. The van der Waals surface area contributed by atoms with Gasteiger partial charge in [0.2, 0.25) is 0 Å². The fourth-order valence-corrected chi connectivity index (χ4v) is 4.31. The van der Waals surface area contributed by atoms with E-state index in [0.717, 1.165) is 44.9 Å². The van der Waals surface area contributed by atoms with Crippen molar-refractivity contribution in [3.8, 4) is 0 Å². The number of hydrogen-bond donors (Lipinski definition) is 1. The Balaban J connectivity index is 0.00000192. The minimum Gasteiger partial charge on any atom is -0.396 e. The number of aliphatic hydroxyl groups excluding tert-OH is 1. The van der Waals surface area contributed by atoms with Crippen LogP contribution in [0.4, 0.5) is 0 Å². The molecule has 0 aromatic heterocycles. The van der Waals surface area contributed by atoms with E-state index in [0.29, 0.717) is 12.5 Å². The number of hydrogen-bond acceptors (Lipinski definition) is 3. The van der Waals surface area contributed by atoms with Crippen molar-refractivity contribution in [1.82, 2.24) is 9.80 Å². The summed E-state index contributed by atoms with van der Waals surface area (Å²) in [5.74, 6) is 1.16. The molecule has 3 nitrogen and oxygen atoms in total. The van der Waals surface area contributed by atoms with Crippen molar-refractivity contribution < 1.29 is 5.11 Å². The highest BCUT2D eigenvalue weighted by molar-refractivity contribution is 5.20. The molecule has 178 valence electrons. The monoisotopic (exact) mass is 422 g/mol. The smallest absolute Gasteiger partial charge is 0.0477 e. The second-order valence-corrected chi connectivity index (χ2v) is 9.46. The summed E-state index contributed by atoms with van der Waals surface area (Å²) in [5, 5.41) is 10.1. The lowest BCUT2D eigenvalue weighted by atomic mass is 9.73. The van der Waals surface area contributed by atoms with Crippen LogP contribution in [0.15, 0.2) is 23.8 Å². The van der Waals surface area contributed by atoms with Crippen molar-refractivity contribution in [1.29, 1.82) is 0 Å². The molecule has 1 heterocycles. The first-order chi connectivity index (χ1) is 14.4. The predicted molar refractivity (Wildman–Crippen MR) is 135 cm³/mol. The van der Waals surface area contributed by atoms with Gasteiger partial charge < -0.3 is 10.0 Å². The summed E-state index contributed by atoms with van der Waals surface area (Å²) < 4.78 is 0. The topological polar surface area (TPSA) is 26.7 Å². The summed E-state index contributed by atoms with van der Waals surface area (Å²) in [7, 11) is 2.25. The van der Waals surface area contributed by atoms with Crippen molar-refractivity contribution in [2.45, 2.75) is 87.0 Å². The molecule has 3 atom stereocenters. The molecule has 1 rings (SSSR count). The molecule has 1 aliphatic heterocycles. The van der Waals surface area contributed by atoms with Crippen LogP contribution in [0.3, 0.4) is 0 Å². The molecule has 0 aromatic carbocycles. The van der Waals surface area contributed by atoms with Crippen molar-refractivity contribution in [3.63, 3.8) is 0 Å². The Morgan fingerprint density at radius 3 is 2.33 bits per heavy atom. The lowest BCUT2D eigenvalue weighted by Gasteiger charge is -2.35. The first-order valence-corrected chi connectivity index (χ1v) is 12.7. The maximum absolute atomic E-state index is 10.1. The van der Waals surface area contributed by atoms with Gasteiger partial charge in [0.1, 0.15) is 0 Å². The van der Waals surface area contributed by atoms with Crippen molar-refractivity contribution >= 4 is 0 Å². The van der Waals surface area contributed by atoms with Gasteiger partial charge in [-0.3, -0.25) is 4.90 Å². The van der Waals surface area contributed by atoms with Crippen LogP contribution in [0.1, 0.15) is 87.0 Å². The number of nitrogens with zero attached hydrogens (tertiary/aromatic N) is 2. The molecule has 0 saturated carbocycles. The van der Waals surface area contributed by atoms with E-state index in [9.17, 15) is 5.11 Å². The summed E-state index contributed by atoms with van der Waals surface area (Å²) >= 11 is 0. The fourth-order valence-electron chi connectivity index (χ4n) is 4.31. The molecule has 3 unspecified atom stereocenters. The maximum Gasteiger partial charge on any atom is 0.0477 e. The molecular weight excluding hydrogens is 368 g/mol. The Labute approximate surface area is 189 Å². The van der Waals surface area contributed by atoms with E-state index in [2.05, 4.69) is 83.5 Å². The molecule has 0 aliphatic carbocycles. The normalized spacial score (nSPS) is 23.8. The lowest BCUT2D eigenvalue weighted by molar-refractivity contribution is 0.104. The number of allylic oxidation sites excluding steroid dienone is 2. The van der Waals surface area contributed by atoms with Crippen LogP contribution in [0.25, 0.3) is 0 Å².